The van der Waals surface area contributed by atoms with E-state index in [1.54, 1.807) is 13.2 Å². The van der Waals surface area contributed by atoms with Crippen LogP contribution in [0, 0.1) is 6.92 Å². The number of ether oxygens (including phenoxy) is 1. The highest BCUT2D eigenvalue weighted by molar-refractivity contribution is 5.36. The van der Waals surface area contributed by atoms with E-state index in [0.717, 1.165) is 5.56 Å². The summed E-state index contributed by atoms with van der Waals surface area (Å²) < 4.78 is 4.88. The number of aryl methyl sites for hydroxylation is 1. The third kappa shape index (κ3) is 3.23. The zero-order valence-electron chi connectivity index (χ0n) is 8.09. The highest BCUT2D eigenvalue weighted by atomic mass is 16.5. The van der Waals surface area contributed by atoms with Crippen LogP contribution in [0.4, 0.5) is 5.82 Å². The number of methoxy groups -OCH3 is 1. The summed E-state index contributed by atoms with van der Waals surface area (Å²) in [5.74, 6) is 1.06. The van der Waals surface area contributed by atoms with Crippen LogP contribution >= 0.6 is 0 Å². The lowest BCUT2D eigenvalue weighted by atomic mass is 10.3. The van der Waals surface area contributed by atoms with Crippen LogP contribution < -0.4 is 10.5 Å². The second-order valence-corrected chi connectivity index (χ2v) is 2.11. The zero-order valence-corrected chi connectivity index (χ0v) is 8.09. The van der Waals surface area contributed by atoms with E-state index in [4.69, 9.17) is 10.5 Å². The van der Waals surface area contributed by atoms with Gasteiger partial charge in [0.05, 0.1) is 7.11 Å². The van der Waals surface area contributed by atoms with Gasteiger partial charge in [0.2, 0.25) is 5.88 Å². The van der Waals surface area contributed by atoms with Gasteiger partial charge in [-0.15, -0.1) is 0 Å². The largest absolute Gasteiger partial charge is 0.481 e. The number of nitrogen functional groups attached to an aromatic ring is 1. The Hall–Kier alpha value is -1.25. The van der Waals surface area contributed by atoms with Gasteiger partial charge in [0, 0.05) is 6.07 Å². The number of pyridine rings is 1. The van der Waals surface area contributed by atoms with Gasteiger partial charge in [-0.1, -0.05) is 13.8 Å². The molecule has 0 unspecified atom stereocenters. The smallest absolute Gasteiger partial charge is 0.215 e. The molecule has 0 spiro atoms. The fourth-order valence-electron chi connectivity index (χ4n) is 0.766. The normalized spacial score (nSPS) is 8.33. The Kier molecular flexibility index (Phi) is 4.84. The van der Waals surface area contributed by atoms with E-state index in [2.05, 4.69) is 4.98 Å². The van der Waals surface area contributed by atoms with E-state index >= 15 is 0 Å². The SMILES string of the molecule is CC.COc1cc(C)cc(N)n1. The number of anilines is 1. The highest BCUT2D eigenvalue weighted by Gasteiger charge is 1.94. The molecule has 0 saturated heterocycles. The van der Waals surface area contributed by atoms with Crippen molar-refractivity contribution >= 4 is 5.82 Å². The van der Waals surface area contributed by atoms with Crippen LogP contribution in [0.5, 0.6) is 5.88 Å². The molecule has 0 radical (unpaired) electrons. The first-order chi connectivity index (χ1) is 5.72. The predicted octanol–water partition coefficient (Wildman–Crippen LogP) is 2.01. The van der Waals surface area contributed by atoms with Crippen molar-refractivity contribution in [2.24, 2.45) is 0 Å². The van der Waals surface area contributed by atoms with Gasteiger partial charge in [-0.2, -0.15) is 4.98 Å². The highest BCUT2D eigenvalue weighted by Crippen LogP contribution is 2.11. The second kappa shape index (κ2) is 5.41. The van der Waals surface area contributed by atoms with Crippen LogP contribution in [0.15, 0.2) is 12.1 Å². The maximum Gasteiger partial charge on any atom is 0.215 e. The molecule has 0 atom stereocenters. The first-order valence-electron chi connectivity index (χ1n) is 4.00. The molecule has 1 heterocycles. The number of nitrogens with two attached hydrogens (primary N) is 1. The Morgan fingerprint density at radius 1 is 1.33 bits per heavy atom. The molecule has 0 saturated carbocycles. The van der Waals surface area contributed by atoms with Crippen LogP contribution in [0.2, 0.25) is 0 Å². The van der Waals surface area contributed by atoms with Crippen LogP contribution in [0.25, 0.3) is 0 Å². The number of hydrogen-bond donors (Lipinski definition) is 1. The van der Waals surface area contributed by atoms with Crippen molar-refractivity contribution < 1.29 is 4.74 Å². The van der Waals surface area contributed by atoms with Crippen LogP contribution in [0.3, 0.4) is 0 Å². The Morgan fingerprint density at radius 3 is 2.33 bits per heavy atom. The fourth-order valence-corrected chi connectivity index (χ4v) is 0.766. The first kappa shape index (κ1) is 10.8. The molecule has 3 nitrogen and oxygen atoms in total. The number of hydrogen-bond acceptors (Lipinski definition) is 3. The Labute approximate surface area is 73.6 Å². The summed E-state index contributed by atoms with van der Waals surface area (Å²) in [6.45, 7) is 5.94. The van der Waals surface area contributed by atoms with Crippen molar-refractivity contribution in [2.45, 2.75) is 20.8 Å². The lowest BCUT2D eigenvalue weighted by Gasteiger charge is -2.00. The van der Waals surface area contributed by atoms with Gasteiger partial charge in [0.15, 0.2) is 0 Å². The molecule has 1 rings (SSSR count). The molecular weight excluding hydrogens is 152 g/mol. The van der Waals surface area contributed by atoms with Crippen LogP contribution in [-0.4, -0.2) is 12.1 Å². The first-order valence-corrected chi connectivity index (χ1v) is 4.00. The Morgan fingerprint density at radius 2 is 1.92 bits per heavy atom. The van der Waals surface area contributed by atoms with Gasteiger partial charge < -0.3 is 10.5 Å². The van der Waals surface area contributed by atoms with E-state index in [1.165, 1.54) is 0 Å². The van der Waals surface area contributed by atoms with Gasteiger partial charge in [-0.05, 0) is 18.6 Å². The van der Waals surface area contributed by atoms with Crippen molar-refractivity contribution in [1.29, 1.82) is 0 Å². The summed E-state index contributed by atoms with van der Waals surface area (Å²) in [6, 6.07) is 3.62. The van der Waals surface area contributed by atoms with E-state index in [9.17, 15) is 0 Å². The van der Waals surface area contributed by atoms with E-state index in [0.29, 0.717) is 11.7 Å². The lowest BCUT2D eigenvalue weighted by Crippen LogP contribution is -1.94. The van der Waals surface area contributed by atoms with E-state index < -0.39 is 0 Å². The molecule has 0 fully saturated rings. The summed E-state index contributed by atoms with van der Waals surface area (Å²) in [5.41, 5.74) is 6.50. The van der Waals surface area contributed by atoms with E-state index in [1.807, 2.05) is 26.8 Å². The molecule has 0 aliphatic heterocycles. The molecule has 12 heavy (non-hydrogen) atoms. The summed E-state index contributed by atoms with van der Waals surface area (Å²) in [5, 5.41) is 0. The summed E-state index contributed by atoms with van der Waals surface area (Å²) in [6.07, 6.45) is 0. The molecular formula is C9H16N2O. The van der Waals surface area contributed by atoms with Gasteiger partial charge in [-0.25, -0.2) is 0 Å². The summed E-state index contributed by atoms with van der Waals surface area (Å²) in [7, 11) is 1.57. The Bertz CT molecular complexity index is 216. The van der Waals surface area contributed by atoms with Crippen molar-refractivity contribution in [3.63, 3.8) is 0 Å². The topological polar surface area (TPSA) is 48.1 Å². The molecule has 2 N–H and O–H groups in total. The molecule has 3 heteroatoms. The van der Waals surface area contributed by atoms with Crippen molar-refractivity contribution in [1.82, 2.24) is 4.98 Å². The van der Waals surface area contributed by atoms with Crippen LogP contribution in [-0.2, 0) is 0 Å². The minimum Gasteiger partial charge on any atom is -0.481 e. The number of rotatable bonds is 1. The average Bonchev–Trinajstić information content (AvgIpc) is 2.06. The summed E-state index contributed by atoms with van der Waals surface area (Å²) in [4.78, 5) is 3.91. The van der Waals surface area contributed by atoms with Gasteiger partial charge in [0.1, 0.15) is 5.82 Å². The average molecular weight is 168 g/mol. The quantitative estimate of drug-likeness (QED) is 0.697. The fraction of sp³-hybridized carbons (Fsp3) is 0.444. The maximum absolute atomic E-state index is 5.44. The van der Waals surface area contributed by atoms with Crippen LogP contribution in [0.1, 0.15) is 19.4 Å². The lowest BCUT2D eigenvalue weighted by molar-refractivity contribution is 0.398. The zero-order chi connectivity index (χ0) is 9.56. The monoisotopic (exact) mass is 168 g/mol. The van der Waals surface area contributed by atoms with Gasteiger partial charge in [0.25, 0.3) is 0 Å². The van der Waals surface area contributed by atoms with Gasteiger partial charge >= 0.3 is 0 Å². The third-order valence-electron chi connectivity index (χ3n) is 1.18. The standard InChI is InChI=1S/C7H10N2O.C2H6/c1-5-3-6(8)9-7(4-5)10-2;1-2/h3-4H,1-2H3,(H2,8,9);1-2H3. The summed E-state index contributed by atoms with van der Waals surface area (Å²) >= 11 is 0. The molecule has 0 aromatic carbocycles. The third-order valence-corrected chi connectivity index (χ3v) is 1.18. The molecule has 0 bridgehead atoms. The van der Waals surface area contributed by atoms with Crippen molar-refractivity contribution in [2.75, 3.05) is 12.8 Å². The van der Waals surface area contributed by atoms with Gasteiger partial charge in [-0.3, -0.25) is 0 Å². The molecule has 0 amide bonds. The minimum atomic E-state index is 0.497. The number of aromatic nitrogens is 1. The molecule has 0 aliphatic rings. The maximum atomic E-state index is 5.44. The minimum absolute atomic E-state index is 0.497. The molecule has 68 valence electrons. The number of nitrogens with zero attached hydrogens (tertiary/aromatic N) is 1. The predicted molar refractivity (Wildman–Crippen MR) is 51.3 cm³/mol. The van der Waals surface area contributed by atoms with E-state index in [-0.39, 0.29) is 0 Å². The molecule has 1 aromatic rings. The van der Waals surface area contributed by atoms with Crippen molar-refractivity contribution in [3.8, 4) is 5.88 Å². The Balaban J connectivity index is 0.000000561. The van der Waals surface area contributed by atoms with Crippen molar-refractivity contribution in [3.05, 3.63) is 17.7 Å². The molecule has 1 aromatic heterocycles. The second-order valence-electron chi connectivity index (χ2n) is 2.11. The molecule has 0 aliphatic carbocycles.